The highest BCUT2D eigenvalue weighted by Crippen LogP contribution is 2.16. The van der Waals surface area contributed by atoms with E-state index in [1.165, 1.54) is 12.8 Å². The van der Waals surface area contributed by atoms with Gasteiger partial charge in [0.25, 0.3) is 0 Å². The highest BCUT2D eigenvalue weighted by Gasteiger charge is 2.15. The van der Waals surface area contributed by atoms with Crippen LogP contribution in [0.1, 0.15) is 46.5 Å². The molecule has 0 aromatic rings. The van der Waals surface area contributed by atoms with Gasteiger partial charge in [0, 0.05) is 12.5 Å². The fourth-order valence-electron chi connectivity index (χ4n) is 1.76. The van der Waals surface area contributed by atoms with Crippen LogP contribution >= 0.6 is 0 Å². The first-order valence-corrected chi connectivity index (χ1v) is 6.64. The summed E-state index contributed by atoms with van der Waals surface area (Å²) in [5, 5.41) is 0. The molecule has 2 atom stereocenters. The molecule has 1 fully saturated rings. The Morgan fingerprint density at radius 2 is 2.12 bits per heavy atom. The van der Waals surface area contributed by atoms with E-state index < -0.39 is 0 Å². The summed E-state index contributed by atoms with van der Waals surface area (Å²) in [6.45, 7) is 8.27. The van der Waals surface area contributed by atoms with Gasteiger partial charge < -0.3 is 9.47 Å². The van der Waals surface area contributed by atoms with E-state index in [2.05, 4.69) is 32.9 Å². The van der Waals surface area contributed by atoms with Crippen LogP contribution in [0.15, 0.2) is 12.2 Å². The van der Waals surface area contributed by atoms with Gasteiger partial charge in [-0.05, 0) is 31.6 Å². The third kappa shape index (κ3) is 5.66. The Morgan fingerprint density at radius 1 is 1.31 bits per heavy atom. The van der Waals surface area contributed by atoms with Crippen molar-refractivity contribution in [2.75, 3.05) is 13.2 Å². The zero-order valence-corrected chi connectivity index (χ0v) is 10.9. The molecule has 0 N–H and O–H groups in total. The third-order valence-corrected chi connectivity index (χ3v) is 2.93. The van der Waals surface area contributed by atoms with Gasteiger partial charge in [-0.3, -0.25) is 0 Å². The molecular weight excluding hydrogens is 200 g/mol. The first kappa shape index (κ1) is 13.7. The molecule has 1 heterocycles. The Morgan fingerprint density at radius 3 is 2.69 bits per heavy atom. The zero-order valence-electron chi connectivity index (χ0n) is 10.9. The molecular formula is C14H26O2. The molecule has 0 aliphatic carbocycles. The van der Waals surface area contributed by atoms with Crippen LogP contribution in [0.3, 0.4) is 0 Å². The largest absolute Gasteiger partial charge is 0.353 e. The summed E-state index contributed by atoms with van der Waals surface area (Å²) in [7, 11) is 0. The number of hydrogen-bond donors (Lipinski definition) is 0. The zero-order chi connectivity index (χ0) is 11.8. The highest BCUT2D eigenvalue weighted by atomic mass is 16.7. The molecule has 2 nitrogen and oxygen atoms in total. The van der Waals surface area contributed by atoms with Crippen molar-refractivity contribution in [3.63, 3.8) is 0 Å². The van der Waals surface area contributed by atoms with Crippen molar-refractivity contribution in [3.8, 4) is 0 Å². The fourth-order valence-corrected chi connectivity index (χ4v) is 1.76. The average Bonchev–Trinajstić information content (AvgIpc) is 2.30. The van der Waals surface area contributed by atoms with E-state index >= 15 is 0 Å². The summed E-state index contributed by atoms with van der Waals surface area (Å²) in [5.41, 5.74) is 0. The maximum absolute atomic E-state index is 5.79. The third-order valence-electron chi connectivity index (χ3n) is 2.93. The molecule has 1 saturated heterocycles. The number of hydrogen-bond acceptors (Lipinski definition) is 2. The predicted molar refractivity (Wildman–Crippen MR) is 67.3 cm³/mol. The van der Waals surface area contributed by atoms with Crippen LogP contribution in [0.5, 0.6) is 0 Å². The van der Waals surface area contributed by atoms with Gasteiger partial charge in [-0.15, -0.1) is 0 Å². The SMILES string of the molecule is CC[C@H](/C=C/C(C)C)COC1CCCCO1. The fraction of sp³-hybridized carbons (Fsp3) is 0.857. The minimum atomic E-state index is 0.0512. The van der Waals surface area contributed by atoms with Gasteiger partial charge in [-0.1, -0.05) is 32.9 Å². The average molecular weight is 226 g/mol. The van der Waals surface area contributed by atoms with Gasteiger partial charge >= 0.3 is 0 Å². The van der Waals surface area contributed by atoms with Crippen LogP contribution in [0, 0.1) is 11.8 Å². The van der Waals surface area contributed by atoms with Crippen molar-refractivity contribution in [1.82, 2.24) is 0 Å². The molecule has 0 radical (unpaired) electrons. The van der Waals surface area contributed by atoms with E-state index in [9.17, 15) is 0 Å². The maximum Gasteiger partial charge on any atom is 0.157 e. The van der Waals surface area contributed by atoms with Crippen molar-refractivity contribution in [1.29, 1.82) is 0 Å². The quantitative estimate of drug-likeness (QED) is 0.642. The highest BCUT2D eigenvalue weighted by molar-refractivity contribution is 4.89. The lowest BCUT2D eigenvalue weighted by Gasteiger charge is -2.24. The Kier molecular flexibility index (Phi) is 6.74. The molecule has 16 heavy (non-hydrogen) atoms. The molecule has 0 aromatic carbocycles. The monoisotopic (exact) mass is 226 g/mol. The van der Waals surface area contributed by atoms with Gasteiger partial charge in [-0.2, -0.15) is 0 Å². The minimum Gasteiger partial charge on any atom is -0.353 e. The standard InChI is InChI=1S/C14H26O2/c1-4-13(9-8-12(2)3)11-16-14-7-5-6-10-15-14/h8-9,12-14H,4-7,10-11H2,1-3H3/b9-8+/t13-,14?/m1/s1. The Hall–Kier alpha value is -0.340. The van der Waals surface area contributed by atoms with Crippen molar-refractivity contribution >= 4 is 0 Å². The molecule has 1 unspecified atom stereocenters. The van der Waals surface area contributed by atoms with Crippen LogP contribution in [-0.2, 0) is 9.47 Å². The van der Waals surface area contributed by atoms with E-state index in [1.807, 2.05) is 0 Å². The van der Waals surface area contributed by atoms with Crippen LogP contribution in [0.25, 0.3) is 0 Å². The van der Waals surface area contributed by atoms with Crippen LogP contribution in [-0.4, -0.2) is 19.5 Å². The van der Waals surface area contributed by atoms with Gasteiger partial charge in [0.2, 0.25) is 0 Å². The lowest BCUT2D eigenvalue weighted by atomic mass is 10.0. The smallest absolute Gasteiger partial charge is 0.157 e. The van der Waals surface area contributed by atoms with Crippen molar-refractivity contribution in [2.24, 2.45) is 11.8 Å². The summed E-state index contributed by atoms with van der Waals surface area (Å²) in [4.78, 5) is 0. The first-order valence-electron chi connectivity index (χ1n) is 6.64. The lowest BCUT2D eigenvalue weighted by molar-refractivity contribution is -0.166. The van der Waals surface area contributed by atoms with E-state index in [0.29, 0.717) is 11.8 Å². The summed E-state index contributed by atoms with van der Waals surface area (Å²) < 4.78 is 11.3. The Labute approximate surface area is 100 Å². The van der Waals surface area contributed by atoms with E-state index in [4.69, 9.17) is 9.47 Å². The van der Waals surface area contributed by atoms with Crippen molar-refractivity contribution in [2.45, 2.75) is 52.7 Å². The van der Waals surface area contributed by atoms with Gasteiger partial charge in [-0.25, -0.2) is 0 Å². The molecule has 0 saturated carbocycles. The van der Waals surface area contributed by atoms with Gasteiger partial charge in [0.1, 0.15) is 0 Å². The van der Waals surface area contributed by atoms with Crippen LogP contribution in [0.2, 0.25) is 0 Å². The van der Waals surface area contributed by atoms with E-state index in [1.54, 1.807) is 0 Å². The van der Waals surface area contributed by atoms with Crippen LogP contribution < -0.4 is 0 Å². The molecule has 0 aromatic heterocycles. The topological polar surface area (TPSA) is 18.5 Å². The van der Waals surface area contributed by atoms with Crippen molar-refractivity contribution < 1.29 is 9.47 Å². The summed E-state index contributed by atoms with van der Waals surface area (Å²) in [6.07, 6.45) is 9.22. The molecule has 94 valence electrons. The van der Waals surface area contributed by atoms with Crippen LogP contribution in [0.4, 0.5) is 0 Å². The van der Waals surface area contributed by atoms with Crippen molar-refractivity contribution in [3.05, 3.63) is 12.2 Å². The number of ether oxygens (including phenoxy) is 2. The number of allylic oxidation sites excluding steroid dienone is 1. The second kappa shape index (κ2) is 7.86. The summed E-state index contributed by atoms with van der Waals surface area (Å²) in [6, 6.07) is 0. The molecule has 1 rings (SSSR count). The molecule has 2 heteroatoms. The molecule has 1 aliphatic heterocycles. The Bertz CT molecular complexity index is 193. The molecule has 1 aliphatic rings. The normalized spacial score (nSPS) is 24.1. The summed E-state index contributed by atoms with van der Waals surface area (Å²) >= 11 is 0. The molecule has 0 bridgehead atoms. The minimum absolute atomic E-state index is 0.0512. The van der Waals surface area contributed by atoms with Gasteiger partial charge in [0.05, 0.1) is 6.61 Å². The lowest BCUT2D eigenvalue weighted by Crippen LogP contribution is -2.24. The number of rotatable bonds is 6. The predicted octanol–water partition coefficient (Wildman–Crippen LogP) is 3.77. The summed E-state index contributed by atoms with van der Waals surface area (Å²) in [5.74, 6) is 1.16. The second-order valence-corrected chi connectivity index (χ2v) is 4.93. The first-order chi connectivity index (χ1) is 7.72. The van der Waals surface area contributed by atoms with Gasteiger partial charge in [0.15, 0.2) is 6.29 Å². The second-order valence-electron chi connectivity index (χ2n) is 4.93. The molecule has 0 amide bonds. The Balaban J connectivity index is 2.21. The maximum atomic E-state index is 5.79. The van der Waals surface area contributed by atoms with E-state index in [0.717, 1.165) is 26.1 Å². The molecule has 0 spiro atoms. The van der Waals surface area contributed by atoms with E-state index in [-0.39, 0.29) is 6.29 Å².